The highest BCUT2D eigenvalue weighted by atomic mass is 14.1. The maximum Gasteiger partial charge on any atom is -0.00999 e. The van der Waals surface area contributed by atoms with Crippen molar-refractivity contribution in [3.8, 4) is 0 Å². The quantitative estimate of drug-likeness (QED) is 0.395. The molecule has 11 heavy (non-hydrogen) atoms. The third-order valence-electron chi connectivity index (χ3n) is 1.71. The first-order valence-electron chi connectivity index (χ1n) is 4.03. The molecule has 0 atom stereocenters. The molecule has 0 saturated carbocycles. The normalized spacial score (nSPS) is 11.4. The minimum absolute atomic E-state index is 0.248. The number of hydrogen-bond donors (Lipinski definition) is 0. The lowest BCUT2D eigenvalue weighted by Gasteiger charge is -2.16. The van der Waals surface area contributed by atoms with Gasteiger partial charge >= 0.3 is 0 Å². The molecule has 0 bridgehead atoms. The fourth-order valence-electron chi connectivity index (χ4n) is 0.486. The average molecular weight is 150 g/mol. The van der Waals surface area contributed by atoms with Gasteiger partial charge in [0, 0.05) is 0 Å². The van der Waals surface area contributed by atoms with Crippen LogP contribution in [0.15, 0.2) is 29.5 Å². The molecule has 0 rings (SSSR count). The first-order chi connectivity index (χ1) is 4.98. The van der Waals surface area contributed by atoms with Crippen LogP contribution in [0.25, 0.3) is 0 Å². The summed E-state index contributed by atoms with van der Waals surface area (Å²) in [6, 6.07) is 0. The Bertz CT molecular complexity index is 193. The van der Waals surface area contributed by atoms with E-state index in [4.69, 9.17) is 0 Å². The predicted octanol–water partition coefficient (Wildman–Crippen LogP) is 3.71. The van der Waals surface area contributed by atoms with Crippen molar-refractivity contribution in [1.82, 2.24) is 0 Å². The molecule has 0 spiro atoms. The summed E-state index contributed by atoms with van der Waals surface area (Å²) >= 11 is 0. The van der Waals surface area contributed by atoms with Crippen LogP contribution < -0.4 is 0 Å². The van der Waals surface area contributed by atoms with Gasteiger partial charge in [-0.2, -0.15) is 0 Å². The molecular weight excluding hydrogens is 132 g/mol. The van der Waals surface area contributed by atoms with Crippen LogP contribution in [0.2, 0.25) is 0 Å². The molecule has 0 fully saturated rings. The number of allylic oxidation sites excluding steroid dienone is 3. The highest BCUT2D eigenvalue weighted by Gasteiger charge is 2.10. The van der Waals surface area contributed by atoms with Gasteiger partial charge in [-0.15, -0.1) is 5.73 Å². The van der Waals surface area contributed by atoms with Crippen molar-refractivity contribution in [3.63, 3.8) is 0 Å². The van der Waals surface area contributed by atoms with Crippen LogP contribution in [-0.4, -0.2) is 0 Å². The van der Waals surface area contributed by atoms with Crippen LogP contribution in [0.1, 0.15) is 34.6 Å². The second kappa shape index (κ2) is 4.20. The smallest absolute Gasteiger partial charge is 0.00999 e. The molecule has 62 valence electrons. The summed E-state index contributed by atoms with van der Waals surface area (Å²) in [4.78, 5) is 0. The zero-order valence-corrected chi connectivity index (χ0v) is 8.23. The van der Waals surface area contributed by atoms with Gasteiger partial charge in [-0.1, -0.05) is 32.9 Å². The summed E-state index contributed by atoms with van der Waals surface area (Å²) in [6.07, 6.45) is 5.96. The van der Waals surface area contributed by atoms with Gasteiger partial charge in [-0.05, 0) is 30.9 Å². The summed E-state index contributed by atoms with van der Waals surface area (Å²) in [5, 5.41) is 0. The van der Waals surface area contributed by atoms with Crippen molar-refractivity contribution in [1.29, 1.82) is 0 Å². The second-order valence-electron chi connectivity index (χ2n) is 3.71. The molecule has 0 heterocycles. The number of rotatable bonds is 1. The van der Waals surface area contributed by atoms with E-state index >= 15 is 0 Å². The first kappa shape index (κ1) is 10.3. The molecule has 0 unspecified atom stereocenters. The van der Waals surface area contributed by atoms with Crippen LogP contribution >= 0.6 is 0 Å². The Balaban J connectivity index is 4.46. The molecule has 0 amide bonds. The van der Waals surface area contributed by atoms with Gasteiger partial charge in [-0.3, -0.25) is 0 Å². The van der Waals surface area contributed by atoms with Crippen LogP contribution in [-0.2, 0) is 0 Å². The van der Waals surface area contributed by atoms with E-state index in [9.17, 15) is 0 Å². The van der Waals surface area contributed by atoms with E-state index in [1.807, 2.05) is 25.2 Å². The molecule has 0 aromatic carbocycles. The highest BCUT2D eigenvalue weighted by Crippen LogP contribution is 2.22. The minimum atomic E-state index is 0.248. The zero-order chi connectivity index (χ0) is 8.91. The van der Waals surface area contributed by atoms with Crippen LogP contribution in [0.4, 0.5) is 0 Å². The van der Waals surface area contributed by atoms with E-state index < -0.39 is 0 Å². The lowest BCUT2D eigenvalue weighted by molar-refractivity contribution is 0.505. The fourth-order valence-corrected chi connectivity index (χ4v) is 0.486. The molecular formula is C11H18. The summed E-state index contributed by atoms with van der Waals surface area (Å²) < 4.78 is 0. The highest BCUT2D eigenvalue weighted by molar-refractivity contribution is 5.11. The lowest BCUT2D eigenvalue weighted by atomic mass is 9.88. The molecule has 0 saturated heterocycles. The Morgan fingerprint density at radius 1 is 1.27 bits per heavy atom. The third kappa shape index (κ3) is 4.64. The lowest BCUT2D eigenvalue weighted by Crippen LogP contribution is -2.04. The minimum Gasteiger partial charge on any atom is -0.121 e. The summed E-state index contributed by atoms with van der Waals surface area (Å²) in [5.74, 6) is 0. The van der Waals surface area contributed by atoms with E-state index in [-0.39, 0.29) is 5.41 Å². The SMILES string of the molecule is C/C=C/C=C=C(C)C(C)(C)C. The van der Waals surface area contributed by atoms with E-state index in [1.165, 1.54) is 5.57 Å². The molecule has 0 aliphatic rings. The Labute approximate surface area is 70.3 Å². The number of hydrogen-bond acceptors (Lipinski definition) is 0. The van der Waals surface area contributed by atoms with Crippen LogP contribution in [0.5, 0.6) is 0 Å². The Hall–Kier alpha value is -0.740. The van der Waals surface area contributed by atoms with E-state index in [1.54, 1.807) is 0 Å². The molecule has 0 heteroatoms. The summed E-state index contributed by atoms with van der Waals surface area (Å²) in [7, 11) is 0. The standard InChI is InChI=1S/C11H18/c1-6-7-8-9-10(2)11(3,4)5/h6-8H,1-5H3/b7-6+. The maximum atomic E-state index is 3.23. The van der Waals surface area contributed by atoms with Gasteiger partial charge in [-0.25, -0.2) is 0 Å². The average Bonchev–Trinajstić information content (AvgIpc) is 1.86. The molecule has 0 N–H and O–H groups in total. The van der Waals surface area contributed by atoms with Crippen molar-refractivity contribution < 1.29 is 0 Å². The van der Waals surface area contributed by atoms with Gasteiger partial charge in [0.25, 0.3) is 0 Å². The van der Waals surface area contributed by atoms with Gasteiger partial charge in [0.2, 0.25) is 0 Å². The predicted molar refractivity (Wildman–Crippen MR) is 51.5 cm³/mol. The van der Waals surface area contributed by atoms with Gasteiger partial charge in [0.15, 0.2) is 0 Å². The second-order valence-corrected chi connectivity index (χ2v) is 3.71. The fraction of sp³-hybridized carbons (Fsp3) is 0.545. The van der Waals surface area contributed by atoms with Crippen molar-refractivity contribution >= 4 is 0 Å². The Morgan fingerprint density at radius 2 is 1.82 bits per heavy atom. The molecule has 0 radical (unpaired) electrons. The van der Waals surface area contributed by atoms with Crippen molar-refractivity contribution in [2.75, 3.05) is 0 Å². The summed E-state index contributed by atoms with van der Waals surface area (Å²) in [5.41, 5.74) is 4.76. The summed E-state index contributed by atoms with van der Waals surface area (Å²) in [6.45, 7) is 10.7. The molecule has 0 nitrogen and oxygen atoms in total. The largest absolute Gasteiger partial charge is 0.121 e. The molecule has 0 aliphatic heterocycles. The van der Waals surface area contributed by atoms with Crippen LogP contribution in [0, 0.1) is 5.41 Å². The Morgan fingerprint density at radius 3 is 2.18 bits per heavy atom. The Kier molecular flexibility index (Phi) is 3.92. The molecule has 0 aromatic heterocycles. The van der Waals surface area contributed by atoms with Gasteiger partial charge < -0.3 is 0 Å². The van der Waals surface area contributed by atoms with Crippen molar-refractivity contribution in [2.24, 2.45) is 5.41 Å². The third-order valence-corrected chi connectivity index (χ3v) is 1.71. The zero-order valence-electron chi connectivity index (χ0n) is 8.23. The van der Waals surface area contributed by atoms with Crippen LogP contribution in [0.3, 0.4) is 0 Å². The molecule has 0 aliphatic carbocycles. The van der Waals surface area contributed by atoms with Gasteiger partial charge in [0.1, 0.15) is 0 Å². The van der Waals surface area contributed by atoms with E-state index in [2.05, 4.69) is 33.4 Å². The van der Waals surface area contributed by atoms with E-state index in [0.29, 0.717) is 0 Å². The first-order valence-corrected chi connectivity index (χ1v) is 4.03. The van der Waals surface area contributed by atoms with E-state index in [0.717, 1.165) is 0 Å². The maximum absolute atomic E-state index is 3.23. The monoisotopic (exact) mass is 150 g/mol. The molecule has 0 aromatic rings. The topological polar surface area (TPSA) is 0 Å². The van der Waals surface area contributed by atoms with Crippen molar-refractivity contribution in [2.45, 2.75) is 34.6 Å². The van der Waals surface area contributed by atoms with Gasteiger partial charge in [0.05, 0.1) is 0 Å². The van der Waals surface area contributed by atoms with Crippen molar-refractivity contribution in [3.05, 3.63) is 29.5 Å².